The fourth-order valence-corrected chi connectivity index (χ4v) is 3.19. The maximum absolute atomic E-state index is 12.2. The van der Waals surface area contributed by atoms with Crippen LogP contribution in [0, 0.1) is 16.7 Å². The quantitative estimate of drug-likeness (QED) is 0.467. The van der Waals surface area contributed by atoms with Crippen LogP contribution in [0.15, 0.2) is 65.8 Å². The minimum Gasteiger partial charge on any atom is -0.466 e. The van der Waals surface area contributed by atoms with E-state index in [1.54, 1.807) is 55.5 Å². The number of rotatable bonds is 5. The Morgan fingerprint density at radius 1 is 1.24 bits per heavy atom. The maximum atomic E-state index is 12.2. The average molecular weight is 391 g/mol. The van der Waals surface area contributed by atoms with Crippen LogP contribution in [0.4, 0.5) is 0 Å². The van der Waals surface area contributed by atoms with Crippen molar-refractivity contribution < 1.29 is 19.4 Å². The van der Waals surface area contributed by atoms with Gasteiger partial charge in [-0.15, -0.1) is 0 Å². The zero-order valence-corrected chi connectivity index (χ0v) is 17.1. The predicted octanol–water partition coefficient (Wildman–Crippen LogP) is 3.90. The van der Waals surface area contributed by atoms with Crippen molar-refractivity contribution in [1.82, 2.24) is 0 Å². The number of aliphatic hydroxyl groups is 1. The second-order valence-corrected chi connectivity index (χ2v) is 7.71. The van der Waals surface area contributed by atoms with Gasteiger partial charge in [0.15, 0.2) is 5.78 Å². The molecule has 2 rings (SSSR count). The number of hydrogen-bond donors (Lipinski definition) is 1. The highest BCUT2D eigenvalue weighted by atomic mass is 16.5. The van der Waals surface area contributed by atoms with Crippen molar-refractivity contribution in [3.8, 4) is 6.07 Å². The Balaban J connectivity index is 2.42. The number of ketones is 1. The lowest BCUT2D eigenvalue weighted by molar-refractivity contribution is -0.134. The highest BCUT2D eigenvalue weighted by molar-refractivity contribution is 5.94. The van der Waals surface area contributed by atoms with E-state index in [1.165, 1.54) is 19.3 Å². The summed E-state index contributed by atoms with van der Waals surface area (Å²) in [5, 5.41) is 20.4. The molecule has 29 heavy (non-hydrogen) atoms. The SMILES string of the molecule is COC(=O)/C=C(C)\C=C\[C@@]1(O)C(/C=C/c2ccc(C#N)cc2)=CC(=O)CC1(C)C. The third kappa shape index (κ3) is 5.18. The summed E-state index contributed by atoms with van der Waals surface area (Å²) in [7, 11) is 1.30. The summed E-state index contributed by atoms with van der Waals surface area (Å²) >= 11 is 0. The van der Waals surface area contributed by atoms with Gasteiger partial charge in [-0.05, 0) is 47.9 Å². The molecule has 0 bridgehead atoms. The second kappa shape index (κ2) is 8.85. The van der Waals surface area contributed by atoms with E-state index in [0.717, 1.165) is 5.56 Å². The van der Waals surface area contributed by atoms with Crippen LogP contribution in [-0.4, -0.2) is 29.6 Å². The van der Waals surface area contributed by atoms with E-state index in [0.29, 0.717) is 16.7 Å². The topological polar surface area (TPSA) is 87.4 Å². The van der Waals surface area contributed by atoms with Crippen molar-refractivity contribution in [3.63, 3.8) is 0 Å². The van der Waals surface area contributed by atoms with E-state index in [-0.39, 0.29) is 12.2 Å². The molecule has 1 N–H and O–H groups in total. The largest absolute Gasteiger partial charge is 0.466 e. The van der Waals surface area contributed by atoms with E-state index in [9.17, 15) is 14.7 Å². The first kappa shape index (κ1) is 22.1. The summed E-state index contributed by atoms with van der Waals surface area (Å²) in [5.41, 5.74) is 0.329. The summed E-state index contributed by atoms with van der Waals surface area (Å²) in [6.07, 6.45) is 9.75. The molecule has 1 aliphatic carbocycles. The monoisotopic (exact) mass is 391 g/mol. The molecule has 0 aliphatic heterocycles. The molecule has 0 saturated heterocycles. The Bertz CT molecular complexity index is 956. The molecule has 0 radical (unpaired) electrons. The molecule has 5 heteroatoms. The van der Waals surface area contributed by atoms with E-state index >= 15 is 0 Å². The Morgan fingerprint density at radius 2 is 1.90 bits per heavy atom. The molecule has 0 amide bonds. The smallest absolute Gasteiger partial charge is 0.330 e. The third-order valence-electron chi connectivity index (χ3n) is 5.03. The molecule has 0 heterocycles. The average Bonchev–Trinajstić information content (AvgIpc) is 2.68. The van der Waals surface area contributed by atoms with Crippen LogP contribution in [0.1, 0.15) is 38.3 Å². The third-order valence-corrected chi connectivity index (χ3v) is 5.03. The number of allylic oxidation sites excluding steroid dienone is 3. The lowest BCUT2D eigenvalue weighted by atomic mass is 9.64. The van der Waals surface area contributed by atoms with Gasteiger partial charge >= 0.3 is 5.97 Å². The number of hydrogen-bond acceptors (Lipinski definition) is 5. The molecule has 1 aromatic carbocycles. The molecule has 0 spiro atoms. The Morgan fingerprint density at radius 3 is 2.48 bits per heavy atom. The summed E-state index contributed by atoms with van der Waals surface area (Å²) in [4.78, 5) is 23.7. The van der Waals surface area contributed by atoms with Gasteiger partial charge in [0.1, 0.15) is 5.60 Å². The second-order valence-electron chi connectivity index (χ2n) is 7.71. The lowest BCUT2D eigenvalue weighted by Gasteiger charge is -2.44. The number of carbonyl (C=O) groups excluding carboxylic acids is 2. The van der Waals surface area contributed by atoms with Crippen molar-refractivity contribution in [2.45, 2.75) is 32.8 Å². The van der Waals surface area contributed by atoms with Crippen LogP contribution in [0.3, 0.4) is 0 Å². The molecule has 5 nitrogen and oxygen atoms in total. The fourth-order valence-electron chi connectivity index (χ4n) is 3.19. The van der Waals surface area contributed by atoms with Gasteiger partial charge in [0.2, 0.25) is 0 Å². The van der Waals surface area contributed by atoms with E-state index < -0.39 is 17.0 Å². The van der Waals surface area contributed by atoms with Crippen molar-refractivity contribution >= 4 is 17.8 Å². The first-order valence-corrected chi connectivity index (χ1v) is 9.22. The van der Waals surface area contributed by atoms with Crippen LogP contribution in [-0.2, 0) is 14.3 Å². The van der Waals surface area contributed by atoms with E-state index in [4.69, 9.17) is 5.26 Å². The summed E-state index contributed by atoms with van der Waals surface area (Å²) in [6.45, 7) is 5.39. The molecular weight excluding hydrogens is 366 g/mol. The molecule has 150 valence electrons. The Kier molecular flexibility index (Phi) is 6.73. The van der Waals surface area contributed by atoms with Gasteiger partial charge in [0.25, 0.3) is 0 Å². The molecule has 1 aliphatic rings. The van der Waals surface area contributed by atoms with Gasteiger partial charge in [-0.2, -0.15) is 5.26 Å². The molecule has 1 atom stereocenters. The fraction of sp³-hybridized carbons (Fsp3) is 0.292. The number of methoxy groups -OCH3 is 1. The van der Waals surface area contributed by atoms with E-state index in [2.05, 4.69) is 10.8 Å². The number of nitrogens with zero attached hydrogens (tertiary/aromatic N) is 1. The van der Waals surface area contributed by atoms with Gasteiger partial charge in [-0.25, -0.2) is 4.79 Å². The van der Waals surface area contributed by atoms with Crippen LogP contribution in [0.2, 0.25) is 0 Å². The first-order chi connectivity index (χ1) is 13.6. The summed E-state index contributed by atoms with van der Waals surface area (Å²) < 4.78 is 4.62. The zero-order valence-electron chi connectivity index (χ0n) is 17.1. The number of carbonyl (C=O) groups is 2. The lowest BCUT2D eigenvalue weighted by Crippen LogP contribution is -2.48. The minimum absolute atomic E-state index is 0.0608. The van der Waals surface area contributed by atoms with Crippen molar-refractivity contribution in [2.75, 3.05) is 7.11 Å². The van der Waals surface area contributed by atoms with Gasteiger partial charge in [0, 0.05) is 17.9 Å². The van der Waals surface area contributed by atoms with E-state index in [1.807, 2.05) is 13.8 Å². The minimum atomic E-state index is -1.41. The van der Waals surface area contributed by atoms with Gasteiger partial charge < -0.3 is 9.84 Å². The zero-order chi connectivity index (χ0) is 21.7. The molecular formula is C24H25NO4. The predicted molar refractivity (Wildman–Crippen MR) is 112 cm³/mol. The number of benzene rings is 1. The molecule has 1 aromatic rings. The van der Waals surface area contributed by atoms with Crippen LogP contribution < -0.4 is 0 Å². The standard InChI is InChI=1S/C24H25NO4/c1-17(13-22(27)29-4)11-12-24(28)20(14-21(26)15-23(24,2)3)10-9-18-5-7-19(16-25)8-6-18/h5-14,28H,15H2,1-4H3/b10-9+,12-11+,17-13-/t24-/m1/s1. The van der Waals surface area contributed by atoms with Gasteiger partial charge in [-0.3, -0.25) is 4.79 Å². The van der Waals surface area contributed by atoms with Crippen LogP contribution in [0.5, 0.6) is 0 Å². The molecule has 0 unspecified atom stereocenters. The number of nitriles is 1. The van der Waals surface area contributed by atoms with Crippen molar-refractivity contribution in [1.29, 1.82) is 5.26 Å². The summed E-state index contributed by atoms with van der Waals surface area (Å²) in [5.74, 6) is -0.539. The molecule has 0 aromatic heterocycles. The number of esters is 1. The van der Waals surface area contributed by atoms with Crippen LogP contribution >= 0.6 is 0 Å². The maximum Gasteiger partial charge on any atom is 0.330 e. The van der Waals surface area contributed by atoms with Crippen molar-refractivity contribution in [3.05, 3.63) is 76.9 Å². The highest BCUT2D eigenvalue weighted by Gasteiger charge is 2.47. The Hall–Kier alpha value is -3.23. The molecule has 0 saturated carbocycles. The van der Waals surface area contributed by atoms with Gasteiger partial charge in [-0.1, -0.05) is 44.2 Å². The molecule has 0 fully saturated rings. The Labute approximate surface area is 171 Å². The number of ether oxygens (including phenoxy) is 1. The van der Waals surface area contributed by atoms with Crippen molar-refractivity contribution in [2.24, 2.45) is 5.41 Å². The normalized spacial score (nSPS) is 21.9. The van der Waals surface area contributed by atoms with Crippen LogP contribution in [0.25, 0.3) is 6.08 Å². The summed E-state index contributed by atoms with van der Waals surface area (Å²) in [6, 6.07) is 9.07. The van der Waals surface area contributed by atoms with Gasteiger partial charge in [0.05, 0.1) is 18.7 Å². The highest BCUT2D eigenvalue weighted by Crippen LogP contribution is 2.45. The first-order valence-electron chi connectivity index (χ1n) is 9.22.